The van der Waals surface area contributed by atoms with Gasteiger partial charge in [0.1, 0.15) is 6.04 Å². The Hall–Kier alpha value is -2.32. The largest absolute Gasteiger partial charge is 0.480 e. The van der Waals surface area contributed by atoms with E-state index in [9.17, 15) is 14.4 Å². The smallest absolute Gasteiger partial charge is 0.439 e. The Morgan fingerprint density at radius 1 is 1.37 bits per heavy atom. The molecular weight excluding hydrogens is 258 g/mol. The van der Waals surface area contributed by atoms with E-state index in [4.69, 9.17) is 9.84 Å². The van der Waals surface area contributed by atoms with E-state index in [2.05, 4.69) is 9.84 Å². The first-order chi connectivity index (χ1) is 8.93. The summed E-state index contributed by atoms with van der Waals surface area (Å²) in [6, 6.07) is -1.45. The molecule has 0 fully saturated rings. The topological polar surface area (TPSA) is 113 Å². The number of rotatable bonds is 5. The van der Waals surface area contributed by atoms with Crippen LogP contribution in [0.3, 0.4) is 0 Å². The predicted molar refractivity (Wildman–Crippen MR) is 62.4 cm³/mol. The van der Waals surface area contributed by atoms with Crippen LogP contribution in [0.4, 0.5) is 4.79 Å². The fraction of sp³-hybridized carbons (Fsp3) is 0.600. The highest BCUT2D eigenvalue weighted by molar-refractivity contribution is 5.72. The van der Waals surface area contributed by atoms with Gasteiger partial charge in [0.15, 0.2) is 0 Å². The first-order valence-corrected chi connectivity index (χ1v) is 5.68. The Morgan fingerprint density at radius 2 is 2.00 bits per heavy atom. The van der Waals surface area contributed by atoms with Crippen LogP contribution in [0.2, 0.25) is 0 Å². The highest BCUT2D eigenvalue weighted by atomic mass is 16.6. The van der Waals surface area contributed by atoms with Gasteiger partial charge < -0.3 is 14.6 Å². The maximum absolute atomic E-state index is 11.9. The van der Waals surface area contributed by atoms with Crippen molar-refractivity contribution in [1.82, 2.24) is 14.3 Å². The lowest BCUT2D eigenvalue weighted by Gasteiger charge is -2.08. The third-order valence-electron chi connectivity index (χ3n) is 2.24. The average Bonchev–Trinajstić information content (AvgIpc) is 2.66. The molecule has 0 aliphatic carbocycles. The lowest BCUT2D eigenvalue weighted by Crippen LogP contribution is -2.34. The van der Waals surface area contributed by atoms with Crippen LogP contribution in [-0.4, -0.2) is 44.7 Å². The highest BCUT2D eigenvalue weighted by Crippen LogP contribution is 2.12. The van der Waals surface area contributed by atoms with Crippen molar-refractivity contribution in [2.24, 2.45) is 0 Å². The Bertz CT molecular complexity index is 532. The summed E-state index contributed by atoms with van der Waals surface area (Å²) in [5.41, 5.74) is -0.920. The number of nitrogens with zero attached hydrogens (tertiary/aromatic N) is 3. The molecule has 1 atom stereocenters. The van der Waals surface area contributed by atoms with E-state index >= 15 is 0 Å². The predicted octanol–water partition coefficient (Wildman–Crippen LogP) is 0.0937. The molecule has 0 aliphatic rings. The highest BCUT2D eigenvalue weighted by Gasteiger charge is 2.26. The zero-order valence-corrected chi connectivity index (χ0v) is 10.8. The number of aromatic nitrogens is 3. The first-order valence-electron chi connectivity index (χ1n) is 5.68. The van der Waals surface area contributed by atoms with Gasteiger partial charge in [-0.15, -0.1) is 9.78 Å². The summed E-state index contributed by atoms with van der Waals surface area (Å²) in [4.78, 5) is 34.4. The second-order valence-corrected chi connectivity index (χ2v) is 3.49. The lowest BCUT2D eigenvalue weighted by molar-refractivity contribution is -0.140. The molecule has 106 valence electrons. The maximum atomic E-state index is 11.9. The quantitative estimate of drug-likeness (QED) is 0.809. The third-order valence-corrected chi connectivity index (χ3v) is 2.24. The molecule has 0 bridgehead atoms. The molecule has 9 nitrogen and oxygen atoms in total. The molecule has 1 rings (SSSR count). The molecule has 9 heteroatoms. The van der Waals surface area contributed by atoms with Crippen LogP contribution >= 0.6 is 0 Å². The van der Waals surface area contributed by atoms with Crippen molar-refractivity contribution in [2.75, 3.05) is 13.2 Å². The summed E-state index contributed by atoms with van der Waals surface area (Å²) in [7, 11) is 0. The fourth-order valence-corrected chi connectivity index (χ4v) is 1.33. The number of ether oxygens (including phenoxy) is 2. The number of aliphatic carboxylic acids is 1. The number of carbonyl (C=O) groups is 2. The zero-order valence-electron chi connectivity index (χ0n) is 10.8. The molecule has 0 radical (unpaired) electrons. The summed E-state index contributed by atoms with van der Waals surface area (Å²) in [6.07, 6.45) is -0.982. The maximum Gasteiger partial charge on any atom is 0.439 e. The minimum Gasteiger partial charge on any atom is -0.480 e. The van der Waals surface area contributed by atoms with Gasteiger partial charge >= 0.3 is 23.8 Å². The molecule has 1 heterocycles. The normalized spacial score (nSPS) is 11.9. The molecule has 0 spiro atoms. The molecule has 1 aromatic heterocycles. The van der Waals surface area contributed by atoms with E-state index in [0.29, 0.717) is 4.68 Å². The summed E-state index contributed by atoms with van der Waals surface area (Å²) in [5.74, 6) is -1.24. The minimum absolute atomic E-state index is 0.0661. The van der Waals surface area contributed by atoms with Gasteiger partial charge in [-0.1, -0.05) is 0 Å². The molecule has 1 N–H and O–H groups in total. The van der Waals surface area contributed by atoms with Crippen LogP contribution < -0.4 is 10.4 Å². The molecule has 1 aromatic rings. The van der Waals surface area contributed by atoms with Gasteiger partial charge in [0.05, 0.1) is 13.2 Å². The van der Waals surface area contributed by atoms with Crippen LogP contribution in [0.15, 0.2) is 4.79 Å². The Morgan fingerprint density at radius 3 is 2.47 bits per heavy atom. The van der Waals surface area contributed by atoms with Crippen molar-refractivity contribution in [3.05, 3.63) is 10.5 Å². The van der Waals surface area contributed by atoms with Gasteiger partial charge in [0, 0.05) is 0 Å². The Kier molecular flexibility index (Phi) is 4.67. The number of hydrogen-bond donors (Lipinski definition) is 1. The average molecular weight is 273 g/mol. The Balaban J connectivity index is 3.32. The van der Waals surface area contributed by atoms with E-state index in [0.717, 1.165) is 4.57 Å². The Labute approximate surface area is 108 Å². The summed E-state index contributed by atoms with van der Waals surface area (Å²) >= 11 is 0. The zero-order chi connectivity index (χ0) is 14.6. The van der Waals surface area contributed by atoms with Gasteiger partial charge in [0.25, 0.3) is 0 Å². The van der Waals surface area contributed by atoms with Crippen molar-refractivity contribution in [2.45, 2.75) is 26.8 Å². The molecule has 0 amide bonds. The van der Waals surface area contributed by atoms with Crippen LogP contribution in [0.1, 0.15) is 26.8 Å². The lowest BCUT2D eigenvalue weighted by atomic mass is 10.3. The van der Waals surface area contributed by atoms with Crippen molar-refractivity contribution in [1.29, 1.82) is 0 Å². The van der Waals surface area contributed by atoms with E-state index in [1.165, 1.54) is 6.92 Å². The second-order valence-electron chi connectivity index (χ2n) is 3.49. The van der Waals surface area contributed by atoms with Crippen LogP contribution in [0.5, 0.6) is 6.01 Å². The van der Waals surface area contributed by atoms with Gasteiger partial charge in [0.2, 0.25) is 0 Å². The summed E-state index contributed by atoms with van der Waals surface area (Å²) in [6.45, 7) is 4.73. The van der Waals surface area contributed by atoms with Crippen LogP contribution in [-0.2, 0) is 9.53 Å². The monoisotopic (exact) mass is 273 g/mol. The van der Waals surface area contributed by atoms with E-state index in [1.54, 1.807) is 13.8 Å². The van der Waals surface area contributed by atoms with E-state index in [1.807, 2.05) is 0 Å². The van der Waals surface area contributed by atoms with Crippen molar-refractivity contribution in [3.63, 3.8) is 0 Å². The van der Waals surface area contributed by atoms with Gasteiger partial charge in [-0.05, 0) is 20.8 Å². The second kappa shape index (κ2) is 6.03. The fourth-order valence-electron chi connectivity index (χ4n) is 1.33. The van der Waals surface area contributed by atoms with Crippen molar-refractivity contribution in [3.8, 4) is 6.01 Å². The van der Waals surface area contributed by atoms with Gasteiger partial charge in [-0.2, -0.15) is 0 Å². The first kappa shape index (κ1) is 14.7. The molecule has 0 saturated carbocycles. The van der Waals surface area contributed by atoms with Crippen molar-refractivity contribution < 1.29 is 24.2 Å². The molecule has 19 heavy (non-hydrogen) atoms. The molecule has 0 aromatic carbocycles. The summed E-state index contributed by atoms with van der Waals surface area (Å²) < 4.78 is 10.9. The van der Waals surface area contributed by atoms with Gasteiger partial charge in [-0.3, -0.25) is 0 Å². The van der Waals surface area contributed by atoms with Crippen LogP contribution in [0.25, 0.3) is 0 Å². The molecule has 0 unspecified atom stereocenters. The number of carboxylic acids is 1. The molecular formula is C10H15N3O6. The third kappa shape index (κ3) is 2.92. The number of carbonyl (C=O) groups excluding carboxylic acids is 1. The number of hydrogen-bond acceptors (Lipinski definition) is 6. The molecule has 0 aliphatic heterocycles. The van der Waals surface area contributed by atoms with E-state index in [-0.39, 0.29) is 19.2 Å². The number of carboxylic acid groups (broad SMARTS) is 1. The summed E-state index contributed by atoms with van der Waals surface area (Å²) in [5, 5.41) is 12.6. The van der Waals surface area contributed by atoms with Crippen LogP contribution in [0, 0.1) is 0 Å². The minimum atomic E-state index is -1.24. The molecule has 0 saturated heterocycles. The van der Waals surface area contributed by atoms with Gasteiger partial charge in [-0.25, -0.2) is 19.0 Å². The van der Waals surface area contributed by atoms with Crippen molar-refractivity contribution >= 4 is 12.1 Å². The van der Waals surface area contributed by atoms with E-state index < -0.39 is 23.8 Å². The standard InChI is InChI=1S/C10H15N3O6/c1-4-18-8-11-13(10(17)19-5-2)9(16)12(8)6(3)7(14)15/h6H,4-5H2,1-3H3,(H,14,15)/t6-/m0/s1. The SMILES string of the molecule is CCOC(=O)n1nc(OCC)n([C@@H](C)C(=O)O)c1=O.